The zero-order chi connectivity index (χ0) is 22.9. The van der Waals surface area contributed by atoms with E-state index in [1.165, 1.54) is 12.1 Å². The molecule has 3 N–H and O–H groups in total. The summed E-state index contributed by atoms with van der Waals surface area (Å²) < 4.78 is 15.4. The molecule has 0 saturated heterocycles. The summed E-state index contributed by atoms with van der Waals surface area (Å²) >= 11 is 0. The molecule has 5 rings (SSSR count). The smallest absolute Gasteiger partial charge is 0.123 e. The number of hydrogen-bond donors (Lipinski definition) is 3. The van der Waals surface area contributed by atoms with Crippen LogP contribution in [-0.4, -0.2) is 25.1 Å². The molecule has 1 aromatic heterocycles. The third-order valence-electron chi connectivity index (χ3n) is 5.39. The Labute approximate surface area is 189 Å². The predicted octanol–water partition coefficient (Wildman–Crippen LogP) is 6.13. The van der Waals surface area contributed by atoms with Crippen molar-refractivity contribution < 1.29 is 19.7 Å². The Balaban J connectivity index is 1.86. The Bertz CT molecular complexity index is 1300. The van der Waals surface area contributed by atoms with Crippen molar-refractivity contribution in [3.8, 4) is 56.6 Å². The molecule has 0 unspecified atom stereocenters. The Kier molecular flexibility index (Phi) is 5.03. The summed E-state index contributed by atoms with van der Waals surface area (Å²) in [7, 11) is 0. The van der Waals surface area contributed by atoms with Crippen LogP contribution in [0.2, 0.25) is 0 Å². The highest BCUT2D eigenvalue weighted by Gasteiger charge is 2.23. The number of phenolic OH excluding ortho intramolecular Hbond substituents is 3. The van der Waals surface area contributed by atoms with E-state index in [1.807, 2.05) is 0 Å². The largest absolute Gasteiger partial charge is 0.508 e. The lowest BCUT2D eigenvalue weighted by Gasteiger charge is -2.11. The van der Waals surface area contributed by atoms with E-state index >= 15 is 0 Å². The Morgan fingerprint density at radius 2 is 1.00 bits per heavy atom. The molecule has 33 heavy (non-hydrogen) atoms. The summed E-state index contributed by atoms with van der Waals surface area (Å²) in [5.41, 5.74) is 5.20. The van der Waals surface area contributed by atoms with Gasteiger partial charge in [-0.15, -0.1) is 0 Å². The number of halogens is 1. The van der Waals surface area contributed by atoms with Crippen LogP contribution in [0.25, 0.3) is 39.3 Å². The first-order valence-electron chi connectivity index (χ1n) is 10.3. The summed E-state index contributed by atoms with van der Waals surface area (Å²) in [5, 5.41) is 34.3. The van der Waals surface area contributed by atoms with Gasteiger partial charge in [-0.1, -0.05) is 12.1 Å². The maximum absolute atomic E-state index is 13.7. The highest BCUT2D eigenvalue weighted by molar-refractivity contribution is 5.92. The lowest BCUT2D eigenvalue weighted by atomic mass is 9.95. The fraction of sp³-hybridized carbons (Fsp3) is 0. The number of aromatic hydroxyl groups is 3. The van der Waals surface area contributed by atoms with Crippen LogP contribution in [-0.2, 0) is 0 Å². The molecular formula is C27H19FN2O3. The highest BCUT2D eigenvalue weighted by atomic mass is 19.1. The zero-order valence-electron chi connectivity index (χ0n) is 17.4. The average Bonchev–Trinajstić information content (AvgIpc) is 3.21. The monoisotopic (exact) mass is 438 g/mol. The van der Waals surface area contributed by atoms with Gasteiger partial charge in [0.05, 0.1) is 11.4 Å². The van der Waals surface area contributed by atoms with Crippen LogP contribution in [0, 0.1) is 5.82 Å². The second-order valence-corrected chi connectivity index (χ2v) is 7.60. The summed E-state index contributed by atoms with van der Waals surface area (Å²) in [6, 6.07) is 26.3. The number of nitrogens with zero attached hydrogens (tertiary/aromatic N) is 2. The Morgan fingerprint density at radius 3 is 1.52 bits per heavy atom. The van der Waals surface area contributed by atoms with E-state index in [4.69, 9.17) is 5.10 Å². The van der Waals surface area contributed by atoms with Crippen LogP contribution in [0.4, 0.5) is 4.39 Å². The molecule has 0 saturated carbocycles. The van der Waals surface area contributed by atoms with Crippen LogP contribution in [0.15, 0.2) is 97.1 Å². The van der Waals surface area contributed by atoms with Crippen LogP contribution in [0.3, 0.4) is 0 Å². The lowest BCUT2D eigenvalue weighted by Crippen LogP contribution is -1.99. The Hall–Kier alpha value is -4.58. The van der Waals surface area contributed by atoms with E-state index in [0.29, 0.717) is 11.4 Å². The summed E-state index contributed by atoms with van der Waals surface area (Å²) in [4.78, 5) is 0. The topological polar surface area (TPSA) is 78.5 Å². The number of rotatable bonds is 4. The van der Waals surface area contributed by atoms with Gasteiger partial charge in [-0.3, -0.25) is 0 Å². The van der Waals surface area contributed by atoms with E-state index in [1.54, 1.807) is 89.6 Å². The van der Waals surface area contributed by atoms with Crippen LogP contribution in [0.1, 0.15) is 0 Å². The number of hydrogen-bond acceptors (Lipinski definition) is 4. The van der Waals surface area contributed by atoms with Crippen molar-refractivity contribution in [1.82, 2.24) is 9.78 Å². The van der Waals surface area contributed by atoms with Crippen LogP contribution >= 0.6 is 0 Å². The molecule has 0 bridgehead atoms. The molecule has 0 fully saturated rings. The van der Waals surface area contributed by atoms with Crippen molar-refractivity contribution in [3.63, 3.8) is 0 Å². The maximum atomic E-state index is 13.7. The molecule has 162 valence electrons. The molecule has 0 spiro atoms. The molecule has 0 radical (unpaired) electrons. The van der Waals surface area contributed by atoms with Gasteiger partial charge in [-0.25, -0.2) is 9.07 Å². The lowest BCUT2D eigenvalue weighted by molar-refractivity contribution is 0.475. The third kappa shape index (κ3) is 3.90. The number of benzene rings is 4. The van der Waals surface area contributed by atoms with Gasteiger partial charge in [-0.05, 0) is 90.5 Å². The van der Waals surface area contributed by atoms with E-state index < -0.39 is 0 Å². The minimum absolute atomic E-state index is 0.136. The van der Waals surface area contributed by atoms with Gasteiger partial charge in [0.1, 0.15) is 28.8 Å². The number of aromatic nitrogens is 2. The Morgan fingerprint density at radius 1 is 0.545 bits per heavy atom. The van der Waals surface area contributed by atoms with Gasteiger partial charge in [0.25, 0.3) is 0 Å². The quantitative estimate of drug-likeness (QED) is 0.315. The molecule has 1 heterocycles. The van der Waals surface area contributed by atoms with Gasteiger partial charge in [-0.2, -0.15) is 5.10 Å². The van der Waals surface area contributed by atoms with Crippen LogP contribution < -0.4 is 0 Å². The van der Waals surface area contributed by atoms with Gasteiger partial charge < -0.3 is 15.3 Å². The van der Waals surface area contributed by atoms with E-state index in [-0.39, 0.29) is 23.1 Å². The third-order valence-corrected chi connectivity index (χ3v) is 5.39. The molecule has 6 heteroatoms. The first-order chi connectivity index (χ1) is 16.0. The second-order valence-electron chi connectivity index (χ2n) is 7.60. The van der Waals surface area contributed by atoms with E-state index in [0.717, 1.165) is 27.9 Å². The molecule has 5 aromatic rings. The molecule has 0 aliphatic carbocycles. The van der Waals surface area contributed by atoms with Crippen LogP contribution in [0.5, 0.6) is 17.2 Å². The molecule has 0 aliphatic heterocycles. The molecule has 5 nitrogen and oxygen atoms in total. The van der Waals surface area contributed by atoms with Crippen molar-refractivity contribution >= 4 is 0 Å². The average molecular weight is 438 g/mol. The van der Waals surface area contributed by atoms with Crippen molar-refractivity contribution in [1.29, 1.82) is 0 Å². The minimum Gasteiger partial charge on any atom is -0.508 e. The summed E-state index contributed by atoms with van der Waals surface area (Å²) in [5.74, 6) is 0.0647. The molecule has 0 amide bonds. The fourth-order valence-electron chi connectivity index (χ4n) is 3.80. The molecule has 0 atom stereocenters. The van der Waals surface area contributed by atoms with E-state index in [2.05, 4.69) is 0 Å². The predicted molar refractivity (Wildman–Crippen MR) is 125 cm³/mol. The first kappa shape index (κ1) is 20.3. The van der Waals surface area contributed by atoms with Crippen molar-refractivity contribution in [2.75, 3.05) is 0 Å². The van der Waals surface area contributed by atoms with Crippen molar-refractivity contribution in [3.05, 3.63) is 103 Å². The standard InChI is InChI=1S/C27H19FN2O3/c28-20-7-9-21(10-8-20)30-27(19-5-15-24(33)16-6-19)25(17-1-11-22(31)12-2-17)26(29-30)18-3-13-23(32)14-4-18/h1-16,31-33H. The second kappa shape index (κ2) is 8.16. The van der Waals surface area contributed by atoms with Gasteiger partial charge in [0.2, 0.25) is 0 Å². The minimum atomic E-state index is -0.352. The fourth-order valence-corrected chi connectivity index (χ4v) is 3.80. The number of phenols is 3. The SMILES string of the molecule is Oc1ccc(-c2nn(-c3ccc(F)cc3)c(-c3ccc(O)cc3)c2-c2ccc(O)cc2)cc1. The normalized spacial score (nSPS) is 10.9. The van der Waals surface area contributed by atoms with Gasteiger partial charge in [0, 0.05) is 16.7 Å². The summed E-state index contributed by atoms with van der Waals surface area (Å²) in [6.45, 7) is 0. The van der Waals surface area contributed by atoms with Crippen molar-refractivity contribution in [2.45, 2.75) is 0 Å². The molecule has 4 aromatic carbocycles. The van der Waals surface area contributed by atoms with Gasteiger partial charge >= 0.3 is 0 Å². The highest BCUT2D eigenvalue weighted by Crippen LogP contribution is 2.42. The molecular weight excluding hydrogens is 419 g/mol. The summed E-state index contributed by atoms with van der Waals surface area (Å²) in [6.07, 6.45) is 0. The molecule has 0 aliphatic rings. The maximum Gasteiger partial charge on any atom is 0.123 e. The zero-order valence-corrected chi connectivity index (χ0v) is 17.4. The van der Waals surface area contributed by atoms with E-state index in [9.17, 15) is 19.7 Å². The van der Waals surface area contributed by atoms with Crippen molar-refractivity contribution in [2.24, 2.45) is 0 Å². The van der Waals surface area contributed by atoms with Gasteiger partial charge in [0.15, 0.2) is 0 Å². The first-order valence-corrected chi connectivity index (χ1v) is 10.3.